The van der Waals surface area contributed by atoms with Crippen LogP contribution in [0.1, 0.15) is 58.4 Å². The van der Waals surface area contributed by atoms with Gasteiger partial charge in [0.05, 0.1) is 0 Å². The molecule has 2 atom stereocenters. The third-order valence-electron chi connectivity index (χ3n) is 3.90. The van der Waals surface area contributed by atoms with Gasteiger partial charge in [-0.15, -0.1) is 0 Å². The van der Waals surface area contributed by atoms with Crippen molar-refractivity contribution in [2.75, 3.05) is 0 Å². The molecular weight excluding hydrogens is 232 g/mol. The van der Waals surface area contributed by atoms with E-state index >= 15 is 0 Å². The number of carbonyl (C=O) groups is 1. The summed E-state index contributed by atoms with van der Waals surface area (Å²) in [5.74, 6) is 0.612. The Bertz CT molecular complexity index is 411. The summed E-state index contributed by atoms with van der Waals surface area (Å²) < 4.78 is 0. The molecule has 0 aliphatic carbocycles. The van der Waals surface area contributed by atoms with Gasteiger partial charge in [-0.25, -0.2) is 0 Å². The van der Waals surface area contributed by atoms with E-state index in [0.717, 1.165) is 12.8 Å². The Morgan fingerprint density at radius 1 is 1.05 bits per heavy atom. The Balaban J connectivity index is 3.11. The Morgan fingerprint density at radius 2 is 1.63 bits per heavy atom. The van der Waals surface area contributed by atoms with Crippen molar-refractivity contribution in [3.63, 3.8) is 0 Å². The molecule has 0 aliphatic rings. The van der Waals surface area contributed by atoms with Crippen molar-refractivity contribution in [3.8, 4) is 0 Å². The molecule has 0 spiro atoms. The van der Waals surface area contributed by atoms with E-state index in [1.807, 2.05) is 13.0 Å². The number of rotatable bonds is 7. The van der Waals surface area contributed by atoms with E-state index in [4.69, 9.17) is 0 Å². The zero-order valence-corrected chi connectivity index (χ0v) is 12.6. The number of hydrogen-bond acceptors (Lipinski definition) is 1. The predicted octanol–water partition coefficient (Wildman–Crippen LogP) is 5.13. The van der Waals surface area contributed by atoms with Crippen molar-refractivity contribution in [3.05, 3.63) is 47.5 Å². The van der Waals surface area contributed by atoms with Crippen LogP contribution in [0.4, 0.5) is 0 Å². The zero-order valence-electron chi connectivity index (χ0n) is 12.6. The molecule has 19 heavy (non-hydrogen) atoms. The van der Waals surface area contributed by atoms with Gasteiger partial charge in [0.1, 0.15) is 5.78 Å². The second kappa shape index (κ2) is 7.93. The van der Waals surface area contributed by atoms with Crippen molar-refractivity contribution < 1.29 is 4.79 Å². The van der Waals surface area contributed by atoms with Gasteiger partial charge in [0.2, 0.25) is 0 Å². The molecule has 0 N–H and O–H groups in total. The maximum Gasteiger partial charge on any atom is 0.136 e. The van der Waals surface area contributed by atoms with Gasteiger partial charge in [0, 0.05) is 18.3 Å². The van der Waals surface area contributed by atoms with E-state index in [2.05, 4.69) is 51.1 Å². The van der Waals surface area contributed by atoms with Gasteiger partial charge in [-0.1, -0.05) is 69.7 Å². The fourth-order valence-corrected chi connectivity index (χ4v) is 2.47. The minimum atomic E-state index is 0.0560. The van der Waals surface area contributed by atoms with Crippen LogP contribution in [0.5, 0.6) is 0 Å². The average molecular weight is 258 g/mol. The second-order valence-corrected chi connectivity index (χ2v) is 5.08. The van der Waals surface area contributed by atoms with Gasteiger partial charge in [-0.3, -0.25) is 4.79 Å². The van der Waals surface area contributed by atoms with E-state index in [-0.39, 0.29) is 11.8 Å². The molecule has 2 unspecified atom stereocenters. The normalized spacial score (nSPS) is 13.7. The zero-order chi connectivity index (χ0) is 14.3. The highest BCUT2D eigenvalue weighted by molar-refractivity contribution is 5.81. The number of benzene rings is 1. The fraction of sp³-hybridized carbons (Fsp3) is 0.500. The van der Waals surface area contributed by atoms with Crippen LogP contribution in [-0.4, -0.2) is 5.78 Å². The van der Waals surface area contributed by atoms with E-state index in [0.29, 0.717) is 12.2 Å². The number of allylic oxidation sites excluding steroid dienone is 2. The van der Waals surface area contributed by atoms with Crippen LogP contribution in [0.25, 0.3) is 0 Å². The predicted molar refractivity (Wildman–Crippen MR) is 82.3 cm³/mol. The standard InChI is InChI=1S/C18H26O/c1-5-15(6-2)13-17(14(4)18(19)7-3)16-11-9-8-10-12-16/h8-14,17H,5-7H2,1-4H3. The minimum Gasteiger partial charge on any atom is -0.299 e. The van der Waals surface area contributed by atoms with Crippen molar-refractivity contribution in [2.24, 2.45) is 5.92 Å². The van der Waals surface area contributed by atoms with Crippen molar-refractivity contribution in [2.45, 2.75) is 52.9 Å². The molecule has 0 radical (unpaired) electrons. The topological polar surface area (TPSA) is 17.1 Å². The van der Waals surface area contributed by atoms with Crippen LogP contribution in [0.2, 0.25) is 0 Å². The van der Waals surface area contributed by atoms with Crippen molar-refractivity contribution in [1.29, 1.82) is 0 Å². The van der Waals surface area contributed by atoms with Crippen LogP contribution >= 0.6 is 0 Å². The first-order chi connectivity index (χ1) is 9.13. The largest absolute Gasteiger partial charge is 0.299 e. The highest BCUT2D eigenvalue weighted by Gasteiger charge is 2.22. The molecule has 0 heterocycles. The SMILES string of the molecule is CCC(=O)C(C)C(C=C(CC)CC)c1ccccc1. The van der Waals surface area contributed by atoms with Crippen LogP contribution < -0.4 is 0 Å². The average Bonchev–Trinajstić information content (AvgIpc) is 2.48. The highest BCUT2D eigenvalue weighted by atomic mass is 16.1. The first-order valence-electron chi connectivity index (χ1n) is 7.41. The molecule has 0 aliphatic heterocycles. The van der Waals surface area contributed by atoms with Gasteiger partial charge in [-0.2, -0.15) is 0 Å². The van der Waals surface area contributed by atoms with E-state index in [1.165, 1.54) is 11.1 Å². The van der Waals surface area contributed by atoms with Crippen molar-refractivity contribution in [1.82, 2.24) is 0 Å². The van der Waals surface area contributed by atoms with Crippen LogP contribution in [-0.2, 0) is 4.79 Å². The maximum absolute atomic E-state index is 12.1. The Morgan fingerprint density at radius 3 is 2.11 bits per heavy atom. The summed E-state index contributed by atoms with van der Waals surface area (Å²) in [5.41, 5.74) is 2.68. The van der Waals surface area contributed by atoms with Gasteiger partial charge in [-0.05, 0) is 18.4 Å². The molecule has 0 fully saturated rings. The highest BCUT2D eigenvalue weighted by Crippen LogP contribution is 2.29. The third kappa shape index (κ3) is 4.34. The molecule has 0 aromatic heterocycles. The lowest BCUT2D eigenvalue weighted by Gasteiger charge is -2.21. The van der Waals surface area contributed by atoms with Crippen molar-refractivity contribution >= 4 is 5.78 Å². The van der Waals surface area contributed by atoms with Gasteiger partial charge in [0.25, 0.3) is 0 Å². The number of ketones is 1. The number of Topliss-reactive ketones (excluding diaryl/α,β-unsaturated/α-hetero) is 1. The molecule has 1 heteroatoms. The summed E-state index contributed by atoms with van der Waals surface area (Å²) in [7, 11) is 0. The molecule has 1 aromatic rings. The molecule has 1 rings (SSSR count). The summed E-state index contributed by atoms with van der Waals surface area (Å²) in [6, 6.07) is 10.4. The lowest BCUT2D eigenvalue weighted by atomic mass is 9.82. The molecule has 0 amide bonds. The second-order valence-electron chi connectivity index (χ2n) is 5.08. The first kappa shape index (κ1) is 15.7. The summed E-state index contributed by atoms with van der Waals surface area (Å²) in [5, 5.41) is 0. The Kier molecular flexibility index (Phi) is 6.55. The van der Waals surface area contributed by atoms with E-state index in [9.17, 15) is 4.79 Å². The first-order valence-corrected chi connectivity index (χ1v) is 7.41. The van der Waals surface area contributed by atoms with Gasteiger partial charge in [0.15, 0.2) is 0 Å². The monoisotopic (exact) mass is 258 g/mol. The molecule has 0 saturated carbocycles. The fourth-order valence-electron chi connectivity index (χ4n) is 2.47. The maximum atomic E-state index is 12.1. The quantitative estimate of drug-likeness (QED) is 0.619. The van der Waals surface area contributed by atoms with Crippen LogP contribution in [0.3, 0.4) is 0 Å². The summed E-state index contributed by atoms with van der Waals surface area (Å²) in [4.78, 5) is 12.1. The molecular formula is C18H26O. The lowest BCUT2D eigenvalue weighted by molar-refractivity contribution is -0.122. The van der Waals surface area contributed by atoms with Crippen LogP contribution in [0, 0.1) is 5.92 Å². The lowest BCUT2D eigenvalue weighted by Crippen LogP contribution is -2.18. The summed E-state index contributed by atoms with van der Waals surface area (Å²) in [6.07, 6.45) is 5.05. The Hall–Kier alpha value is -1.37. The third-order valence-corrected chi connectivity index (χ3v) is 3.90. The van der Waals surface area contributed by atoms with Gasteiger partial charge < -0.3 is 0 Å². The van der Waals surface area contributed by atoms with E-state index < -0.39 is 0 Å². The molecule has 104 valence electrons. The smallest absolute Gasteiger partial charge is 0.136 e. The summed E-state index contributed by atoms with van der Waals surface area (Å²) >= 11 is 0. The Labute approximate surface area is 117 Å². The number of hydrogen-bond donors (Lipinski definition) is 0. The molecule has 1 aromatic carbocycles. The van der Waals surface area contributed by atoms with Gasteiger partial charge >= 0.3 is 0 Å². The minimum absolute atomic E-state index is 0.0560. The molecule has 1 nitrogen and oxygen atoms in total. The van der Waals surface area contributed by atoms with Crippen LogP contribution in [0.15, 0.2) is 42.0 Å². The molecule has 0 bridgehead atoms. The van der Waals surface area contributed by atoms with E-state index in [1.54, 1.807) is 0 Å². The molecule has 0 saturated heterocycles. The summed E-state index contributed by atoms with van der Waals surface area (Å²) in [6.45, 7) is 8.38. The number of carbonyl (C=O) groups excluding carboxylic acids is 1.